The lowest BCUT2D eigenvalue weighted by atomic mass is 9.89. The molecule has 2 unspecified atom stereocenters. The second-order valence-electron chi connectivity index (χ2n) is 5.91. The van der Waals surface area contributed by atoms with Gasteiger partial charge in [0.25, 0.3) is 0 Å². The van der Waals surface area contributed by atoms with E-state index in [4.69, 9.17) is 0 Å². The highest BCUT2D eigenvalue weighted by Crippen LogP contribution is 2.36. The van der Waals surface area contributed by atoms with Crippen LogP contribution >= 0.6 is 0 Å². The topological polar surface area (TPSA) is 36.4 Å². The summed E-state index contributed by atoms with van der Waals surface area (Å²) in [6.07, 6.45) is 6.79. The molecule has 0 saturated heterocycles. The van der Waals surface area contributed by atoms with Gasteiger partial charge in [0.15, 0.2) is 5.96 Å². The summed E-state index contributed by atoms with van der Waals surface area (Å²) in [6.45, 7) is 5.73. The van der Waals surface area contributed by atoms with E-state index in [1.54, 1.807) is 0 Å². The molecule has 2 saturated carbocycles. The van der Waals surface area contributed by atoms with Crippen LogP contribution in [-0.2, 0) is 0 Å². The zero-order valence-corrected chi connectivity index (χ0v) is 10.8. The molecule has 2 aliphatic carbocycles. The van der Waals surface area contributed by atoms with Crippen molar-refractivity contribution in [3.63, 3.8) is 0 Å². The van der Waals surface area contributed by atoms with Crippen molar-refractivity contribution < 1.29 is 0 Å². The van der Waals surface area contributed by atoms with Gasteiger partial charge < -0.3 is 10.6 Å². The molecule has 0 aromatic rings. The molecular weight excluding hydrogens is 198 g/mol. The van der Waals surface area contributed by atoms with Crippen LogP contribution in [0.4, 0.5) is 0 Å². The van der Waals surface area contributed by atoms with Gasteiger partial charge in [-0.15, -0.1) is 0 Å². The summed E-state index contributed by atoms with van der Waals surface area (Å²) in [5, 5.41) is 6.95. The summed E-state index contributed by atoms with van der Waals surface area (Å²) in [5.41, 5.74) is 0.493. The van der Waals surface area contributed by atoms with Crippen LogP contribution in [0, 0.1) is 11.3 Å². The Morgan fingerprint density at radius 1 is 1.38 bits per heavy atom. The lowest BCUT2D eigenvalue weighted by Crippen LogP contribution is -2.43. The molecule has 2 aliphatic rings. The molecule has 2 atom stereocenters. The van der Waals surface area contributed by atoms with Gasteiger partial charge in [0.05, 0.1) is 0 Å². The Morgan fingerprint density at radius 3 is 2.50 bits per heavy atom. The number of guanidine groups is 1. The lowest BCUT2D eigenvalue weighted by molar-refractivity contribution is 0.334. The number of nitrogens with one attached hydrogen (secondary N) is 2. The Balaban J connectivity index is 1.74. The molecule has 0 aromatic heterocycles. The molecule has 0 bridgehead atoms. The van der Waals surface area contributed by atoms with Crippen molar-refractivity contribution in [2.75, 3.05) is 13.6 Å². The summed E-state index contributed by atoms with van der Waals surface area (Å²) in [5.74, 6) is 1.81. The Hall–Kier alpha value is -0.730. The van der Waals surface area contributed by atoms with Crippen LogP contribution in [0.15, 0.2) is 4.99 Å². The first-order chi connectivity index (χ1) is 7.63. The average molecular weight is 223 g/mol. The van der Waals surface area contributed by atoms with Crippen molar-refractivity contribution in [2.45, 2.75) is 52.0 Å². The standard InChI is InChI=1S/C13H25N3/c1-10-8-11(10)16-12(14-3)15-9-13(2)6-4-5-7-13/h10-11H,4-9H2,1-3H3,(H2,14,15,16). The third kappa shape index (κ3) is 2.89. The van der Waals surface area contributed by atoms with Crippen molar-refractivity contribution in [1.82, 2.24) is 10.6 Å². The zero-order valence-electron chi connectivity index (χ0n) is 10.8. The van der Waals surface area contributed by atoms with Crippen LogP contribution in [0.25, 0.3) is 0 Å². The molecule has 2 fully saturated rings. The van der Waals surface area contributed by atoms with E-state index in [0.717, 1.165) is 18.4 Å². The highest BCUT2D eigenvalue weighted by atomic mass is 15.2. The molecule has 2 rings (SSSR count). The van der Waals surface area contributed by atoms with Crippen molar-refractivity contribution in [1.29, 1.82) is 0 Å². The van der Waals surface area contributed by atoms with Gasteiger partial charge >= 0.3 is 0 Å². The Labute approximate surface area is 99.1 Å². The Kier molecular flexibility index (Phi) is 3.41. The number of nitrogens with zero attached hydrogens (tertiary/aromatic N) is 1. The fraction of sp³-hybridized carbons (Fsp3) is 0.923. The first-order valence-corrected chi connectivity index (χ1v) is 6.60. The fourth-order valence-electron chi connectivity index (χ4n) is 2.60. The highest BCUT2D eigenvalue weighted by molar-refractivity contribution is 5.80. The molecule has 3 heteroatoms. The minimum absolute atomic E-state index is 0.493. The van der Waals surface area contributed by atoms with E-state index >= 15 is 0 Å². The maximum atomic E-state index is 4.29. The molecule has 0 aliphatic heterocycles. The maximum absolute atomic E-state index is 4.29. The van der Waals surface area contributed by atoms with E-state index in [0.29, 0.717) is 11.5 Å². The number of hydrogen-bond donors (Lipinski definition) is 2. The van der Waals surface area contributed by atoms with E-state index in [1.165, 1.54) is 32.1 Å². The van der Waals surface area contributed by atoms with Gasteiger partial charge in [0.2, 0.25) is 0 Å². The maximum Gasteiger partial charge on any atom is 0.191 e. The third-order valence-corrected chi connectivity index (χ3v) is 4.15. The van der Waals surface area contributed by atoms with Gasteiger partial charge in [-0.1, -0.05) is 26.7 Å². The van der Waals surface area contributed by atoms with Crippen LogP contribution in [0.5, 0.6) is 0 Å². The SMILES string of the molecule is CN=C(NCC1(C)CCCC1)NC1CC1C. The van der Waals surface area contributed by atoms with E-state index < -0.39 is 0 Å². The van der Waals surface area contributed by atoms with Gasteiger partial charge in [-0.2, -0.15) is 0 Å². The van der Waals surface area contributed by atoms with Crippen molar-refractivity contribution in [3.8, 4) is 0 Å². The molecule has 0 heterocycles. The van der Waals surface area contributed by atoms with Crippen LogP contribution in [-0.4, -0.2) is 25.6 Å². The molecule has 92 valence electrons. The van der Waals surface area contributed by atoms with Gasteiger partial charge in [-0.25, -0.2) is 0 Å². The van der Waals surface area contributed by atoms with Crippen LogP contribution in [0.2, 0.25) is 0 Å². The zero-order chi connectivity index (χ0) is 11.6. The van der Waals surface area contributed by atoms with Gasteiger partial charge in [0.1, 0.15) is 0 Å². The predicted molar refractivity (Wildman–Crippen MR) is 68.6 cm³/mol. The second kappa shape index (κ2) is 4.64. The summed E-state index contributed by atoms with van der Waals surface area (Å²) in [7, 11) is 1.86. The fourth-order valence-corrected chi connectivity index (χ4v) is 2.60. The number of hydrogen-bond acceptors (Lipinski definition) is 1. The molecule has 0 amide bonds. The normalized spacial score (nSPS) is 32.6. The average Bonchev–Trinajstić information content (AvgIpc) is 2.76. The summed E-state index contributed by atoms with van der Waals surface area (Å²) in [6, 6.07) is 0.655. The first kappa shape index (κ1) is 11.7. The first-order valence-electron chi connectivity index (χ1n) is 6.60. The van der Waals surface area contributed by atoms with Crippen molar-refractivity contribution in [3.05, 3.63) is 0 Å². The molecule has 16 heavy (non-hydrogen) atoms. The van der Waals surface area contributed by atoms with Gasteiger partial charge in [-0.3, -0.25) is 4.99 Å². The van der Waals surface area contributed by atoms with Crippen LogP contribution in [0.3, 0.4) is 0 Å². The molecular formula is C13H25N3. The predicted octanol–water partition coefficient (Wildman–Crippen LogP) is 2.14. The number of rotatable bonds is 3. The lowest BCUT2D eigenvalue weighted by Gasteiger charge is -2.25. The minimum Gasteiger partial charge on any atom is -0.356 e. The van der Waals surface area contributed by atoms with E-state index in [2.05, 4.69) is 29.5 Å². The van der Waals surface area contributed by atoms with Crippen molar-refractivity contribution >= 4 is 5.96 Å². The summed E-state index contributed by atoms with van der Waals surface area (Å²) >= 11 is 0. The third-order valence-electron chi connectivity index (χ3n) is 4.15. The second-order valence-corrected chi connectivity index (χ2v) is 5.91. The van der Waals surface area contributed by atoms with Crippen LogP contribution in [0.1, 0.15) is 46.0 Å². The Bertz CT molecular complexity index is 266. The monoisotopic (exact) mass is 223 g/mol. The van der Waals surface area contributed by atoms with E-state index in [-0.39, 0.29) is 0 Å². The molecule has 3 nitrogen and oxygen atoms in total. The molecule has 0 spiro atoms. The highest BCUT2D eigenvalue weighted by Gasteiger charge is 2.34. The smallest absolute Gasteiger partial charge is 0.191 e. The quantitative estimate of drug-likeness (QED) is 0.568. The van der Waals surface area contributed by atoms with Gasteiger partial charge in [-0.05, 0) is 30.6 Å². The molecule has 0 aromatic carbocycles. The summed E-state index contributed by atoms with van der Waals surface area (Å²) in [4.78, 5) is 4.29. The molecule has 0 radical (unpaired) electrons. The largest absolute Gasteiger partial charge is 0.356 e. The minimum atomic E-state index is 0.493. The van der Waals surface area contributed by atoms with Crippen LogP contribution < -0.4 is 10.6 Å². The molecule has 2 N–H and O–H groups in total. The van der Waals surface area contributed by atoms with Gasteiger partial charge in [0, 0.05) is 19.6 Å². The van der Waals surface area contributed by atoms with E-state index in [9.17, 15) is 0 Å². The van der Waals surface area contributed by atoms with Crippen molar-refractivity contribution in [2.24, 2.45) is 16.3 Å². The summed E-state index contributed by atoms with van der Waals surface area (Å²) < 4.78 is 0. The number of aliphatic imine (C=N–C) groups is 1. The van der Waals surface area contributed by atoms with E-state index in [1.807, 2.05) is 7.05 Å². The Morgan fingerprint density at radius 2 is 2.00 bits per heavy atom.